The van der Waals surface area contributed by atoms with Gasteiger partial charge in [0.15, 0.2) is 0 Å². The zero-order chi connectivity index (χ0) is 18.4. The molecule has 2 aromatic rings. The Bertz CT molecular complexity index is 761. The molecule has 7 heteroatoms. The van der Waals surface area contributed by atoms with Crippen LogP contribution in [0.4, 0.5) is 21.0 Å². The normalized spacial score (nSPS) is 10.3. The topological polar surface area (TPSA) is 88.1 Å². The van der Waals surface area contributed by atoms with Gasteiger partial charge in [-0.05, 0) is 50.6 Å². The monoisotopic (exact) mass is 344 g/mol. The van der Waals surface area contributed by atoms with E-state index in [1.54, 1.807) is 44.2 Å². The van der Waals surface area contributed by atoms with E-state index in [1.807, 2.05) is 13.0 Å². The molecule has 25 heavy (non-hydrogen) atoms. The molecule has 0 aliphatic rings. The lowest BCUT2D eigenvalue weighted by Gasteiger charge is -2.15. The molecule has 2 aromatic carbocycles. The van der Waals surface area contributed by atoms with E-state index >= 15 is 0 Å². The number of carbonyl (C=O) groups is 2. The number of hydrogen-bond acceptors (Lipinski definition) is 5. The lowest BCUT2D eigenvalue weighted by atomic mass is 10.2. The number of nitrogens with zero attached hydrogens (tertiary/aromatic N) is 1. The van der Waals surface area contributed by atoms with E-state index in [0.29, 0.717) is 16.4 Å². The van der Waals surface area contributed by atoms with Gasteiger partial charge in [0, 0.05) is 11.8 Å². The minimum Gasteiger partial charge on any atom is -0.447 e. The van der Waals surface area contributed by atoms with Crippen molar-refractivity contribution >= 4 is 23.6 Å². The minimum absolute atomic E-state index is 0.166. The van der Waals surface area contributed by atoms with Crippen LogP contribution in [0.15, 0.2) is 48.5 Å². The maximum atomic E-state index is 12.0. The van der Waals surface area contributed by atoms with Crippen LogP contribution in [0.3, 0.4) is 0 Å². The van der Waals surface area contributed by atoms with Crippen LogP contribution in [0.25, 0.3) is 0 Å². The Morgan fingerprint density at radius 2 is 1.84 bits per heavy atom. The van der Waals surface area contributed by atoms with Gasteiger partial charge < -0.3 is 9.47 Å². The zero-order valence-corrected chi connectivity index (χ0v) is 14.2. The van der Waals surface area contributed by atoms with Crippen LogP contribution in [-0.2, 0) is 4.74 Å². The number of anilines is 2. The minimum atomic E-state index is -0.965. The summed E-state index contributed by atoms with van der Waals surface area (Å²) in [6, 6.07) is 13.0. The predicted octanol–water partition coefficient (Wildman–Crippen LogP) is 4.35. The Kier molecular flexibility index (Phi) is 5.97. The molecule has 0 saturated carbocycles. The van der Waals surface area contributed by atoms with Gasteiger partial charge in [-0.25, -0.2) is 9.59 Å². The van der Waals surface area contributed by atoms with Crippen molar-refractivity contribution in [1.82, 2.24) is 0 Å². The van der Waals surface area contributed by atoms with Crippen LogP contribution in [0, 0.1) is 6.92 Å². The van der Waals surface area contributed by atoms with E-state index in [2.05, 4.69) is 5.32 Å². The number of amides is 2. The van der Waals surface area contributed by atoms with Crippen LogP contribution < -0.4 is 15.1 Å². The third-order valence-corrected chi connectivity index (χ3v) is 3.05. The van der Waals surface area contributed by atoms with Gasteiger partial charge in [-0.15, -0.1) is 0 Å². The highest BCUT2D eigenvalue weighted by atomic mass is 16.6. The van der Waals surface area contributed by atoms with Crippen LogP contribution >= 0.6 is 0 Å². The summed E-state index contributed by atoms with van der Waals surface area (Å²) in [4.78, 5) is 23.6. The Morgan fingerprint density at radius 1 is 1.12 bits per heavy atom. The van der Waals surface area contributed by atoms with Gasteiger partial charge in [0.1, 0.15) is 5.75 Å². The maximum Gasteiger partial charge on any atom is 0.444 e. The average molecular weight is 344 g/mol. The summed E-state index contributed by atoms with van der Waals surface area (Å²) < 4.78 is 10.1. The number of hydroxylamine groups is 1. The fourth-order valence-electron chi connectivity index (χ4n) is 2.01. The Labute approximate surface area is 145 Å². The molecule has 7 nitrogen and oxygen atoms in total. The van der Waals surface area contributed by atoms with Crippen molar-refractivity contribution in [1.29, 1.82) is 0 Å². The van der Waals surface area contributed by atoms with Gasteiger partial charge in [0.25, 0.3) is 0 Å². The van der Waals surface area contributed by atoms with Crippen LogP contribution in [0.5, 0.6) is 5.75 Å². The third-order valence-electron chi connectivity index (χ3n) is 3.05. The SMILES string of the molecule is Cc1cccc(N(O)C(=O)Oc2cccc(NC(=O)OC(C)C)c2)c1. The number of hydrogen-bond donors (Lipinski definition) is 2. The first kappa shape index (κ1) is 18.3. The fourth-order valence-corrected chi connectivity index (χ4v) is 2.01. The molecular weight excluding hydrogens is 324 g/mol. The summed E-state index contributed by atoms with van der Waals surface area (Å²) in [6.07, 6.45) is -1.83. The molecule has 0 fully saturated rings. The molecule has 0 aromatic heterocycles. The first-order valence-electron chi connectivity index (χ1n) is 7.70. The lowest BCUT2D eigenvalue weighted by Crippen LogP contribution is -2.30. The fraction of sp³-hybridized carbons (Fsp3) is 0.222. The van der Waals surface area contributed by atoms with Crippen molar-refractivity contribution in [2.24, 2.45) is 0 Å². The van der Waals surface area contributed by atoms with Crippen molar-refractivity contribution in [2.75, 3.05) is 10.4 Å². The van der Waals surface area contributed by atoms with Crippen LogP contribution in [0.1, 0.15) is 19.4 Å². The number of nitrogens with one attached hydrogen (secondary N) is 1. The van der Waals surface area contributed by atoms with E-state index in [0.717, 1.165) is 5.56 Å². The van der Waals surface area contributed by atoms with Gasteiger partial charge in [0.05, 0.1) is 11.8 Å². The van der Waals surface area contributed by atoms with Gasteiger partial charge in [-0.1, -0.05) is 18.2 Å². The summed E-state index contributed by atoms with van der Waals surface area (Å²) in [7, 11) is 0. The van der Waals surface area contributed by atoms with E-state index < -0.39 is 12.2 Å². The average Bonchev–Trinajstić information content (AvgIpc) is 2.53. The molecule has 0 aliphatic heterocycles. The largest absolute Gasteiger partial charge is 0.447 e. The molecule has 0 atom stereocenters. The quantitative estimate of drug-likeness (QED) is 0.636. The number of ether oxygens (including phenoxy) is 2. The molecular formula is C18H20N2O5. The molecule has 2 rings (SSSR count). The Morgan fingerprint density at radius 3 is 2.52 bits per heavy atom. The van der Waals surface area contributed by atoms with Crippen molar-refractivity contribution < 1.29 is 24.3 Å². The van der Waals surface area contributed by atoms with Crippen molar-refractivity contribution in [3.05, 3.63) is 54.1 Å². The smallest absolute Gasteiger partial charge is 0.444 e. The highest BCUT2D eigenvalue weighted by molar-refractivity contribution is 5.87. The summed E-state index contributed by atoms with van der Waals surface area (Å²) in [5.74, 6) is 0.166. The number of rotatable bonds is 4. The molecule has 0 spiro atoms. The van der Waals surface area contributed by atoms with Crippen LogP contribution in [0.2, 0.25) is 0 Å². The summed E-state index contributed by atoms with van der Waals surface area (Å²) in [5.41, 5.74) is 1.58. The molecule has 0 saturated heterocycles. The van der Waals surface area contributed by atoms with E-state index in [4.69, 9.17) is 9.47 Å². The summed E-state index contributed by atoms with van der Waals surface area (Å²) >= 11 is 0. The van der Waals surface area contributed by atoms with Crippen molar-refractivity contribution in [2.45, 2.75) is 26.9 Å². The van der Waals surface area contributed by atoms with Crippen molar-refractivity contribution in [3.63, 3.8) is 0 Å². The highest BCUT2D eigenvalue weighted by Crippen LogP contribution is 2.20. The standard InChI is InChI=1S/C18H20N2O5/c1-12(2)24-17(21)19-14-7-5-9-16(11-14)25-18(22)20(23)15-8-4-6-13(3)10-15/h4-12,23H,1-3H3,(H,19,21). The Balaban J connectivity index is 2.03. The van der Waals surface area contributed by atoms with Gasteiger partial charge >= 0.3 is 12.2 Å². The molecule has 0 radical (unpaired) electrons. The second-order valence-corrected chi connectivity index (χ2v) is 5.63. The van der Waals surface area contributed by atoms with Gasteiger partial charge in [-0.3, -0.25) is 10.5 Å². The zero-order valence-electron chi connectivity index (χ0n) is 14.2. The molecule has 0 bridgehead atoms. The predicted molar refractivity (Wildman–Crippen MR) is 93.2 cm³/mol. The molecule has 2 N–H and O–H groups in total. The molecule has 132 valence electrons. The third kappa shape index (κ3) is 5.50. The second kappa shape index (κ2) is 8.16. The Hall–Kier alpha value is -3.06. The second-order valence-electron chi connectivity index (χ2n) is 5.63. The number of benzene rings is 2. The number of aryl methyl sites for hydroxylation is 1. The summed E-state index contributed by atoms with van der Waals surface area (Å²) in [5, 5.41) is 12.9. The van der Waals surface area contributed by atoms with E-state index in [9.17, 15) is 14.8 Å². The molecule has 0 unspecified atom stereocenters. The molecule has 0 aliphatic carbocycles. The number of carbonyl (C=O) groups excluding carboxylic acids is 2. The van der Waals surface area contributed by atoms with E-state index in [-0.39, 0.29) is 11.9 Å². The highest BCUT2D eigenvalue weighted by Gasteiger charge is 2.16. The van der Waals surface area contributed by atoms with Crippen LogP contribution in [-0.4, -0.2) is 23.5 Å². The molecule has 0 heterocycles. The maximum absolute atomic E-state index is 12.0. The first-order valence-corrected chi connectivity index (χ1v) is 7.70. The summed E-state index contributed by atoms with van der Waals surface area (Å²) in [6.45, 7) is 5.31. The lowest BCUT2D eigenvalue weighted by molar-refractivity contribution is 0.130. The first-order chi connectivity index (χ1) is 11.8. The van der Waals surface area contributed by atoms with Gasteiger partial charge in [-0.2, -0.15) is 5.06 Å². The van der Waals surface area contributed by atoms with E-state index in [1.165, 1.54) is 12.1 Å². The van der Waals surface area contributed by atoms with Gasteiger partial charge in [0.2, 0.25) is 0 Å². The molecule has 2 amide bonds. The van der Waals surface area contributed by atoms with Crippen molar-refractivity contribution in [3.8, 4) is 5.75 Å².